The maximum Gasteiger partial charge on any atom is 0.281 e. The van der Waals surface area contributed by atoms with Gasteiger partial charge in [-0.05, 0) is 36.6 Å². The Morgan fingerprint density at radius 2 is 2.09 bits per heavy atom. The first-order valence-corrected chi connectivity index (χ1v) is 8.14. The number of halogens is 1. The molecular formula is C15H14BrN3O2S. The molecule has 5 nitrogen and oxygen atoms in total. The van der Waals surface area contributed by atoms with Crippen LogP contribution >= 0.6 is 27.3 Å². The molecule has 7 heteroatoms. The minimum Gasteiger partial charge on any atom is -0.326 e. The molecule has 0 bridgehead atoms. The van der Waals surface area contributed by atoms with Gasteiger partial charge >= 0.3 is 0 Å². The van der Waals surface area contributed by atoms with E-state index in [0.29, 0.717) is 16.3 Å². The Morgan fingerprint density at radius 1 is 1.27 bits per heavy atom. The summed E-state index contributed by atoms with van der Waals surface area (Å²) in [5, 5.41) is 8.52. The molecule has 0 unspecified atom stereocenters. The van der Waals surface area contributed by atoms with E-state index in [2.05, 4.69) is 31.8 Å². The van der Waals surface area contributed by atoms with Gasteiger partial charge in [0.25, 0.3) is 5.91 Å². The highest BCUT2D eigenvalue weighted by Gasteiger charge is 2.07. The maximum atomic E-state index is 11.9. The van der Waals surface area contributed by atoms with Crippen LogP contribution in [-0.2, 0) is 4.79 Å². The molecule has 0 radical (unpaired) electrons. The summed E-state index contributed by atoms with van der Waals surface area (Å²) in [7, 11) is 0. The molecule has 0 fully saturated rings. The minimum absolute atomic E-state index is 0.108. The summed E-state index contributed by atoms with van der Waals surface area (Å²) >= 11 is 4.68. The monoisotopic (exact) mass is 379 g/mol. The van der Waals surface area contributed by atoms with Crippen LogP contribution in [0.1, 0.15) is 23.0 Å². The van der Waals surface area contributed by atoms with Crippen LogP contribution < -0.4 is 10.7 Å². The number of hydrogen-bond acceptors (Lipinski definition) is 4. The van der Waals surface area contributed by atoms with E-state index in [1.807, 2.05) is 23.6 Å². The Hall–Kier alpha value is -1.99. The second-order valence-corrected chi connectivity index (χ2v) is 6.36. The number of carbonyl (C=O) groups excluding carboxylic acids is 2. The molecule has 2 rings (SSSR count). The normalized spacial score (nSPS) is 11.1. The van der Waals surface area contributed by atoms with Gasteiger partial charge in [0, 0.05) is 15.9 Å². The quantitative estimate of drug-likeness (QED) is 0.614. The van der Waals surface area contributed by atoms with Gasteiger partial charge in [-0.15, -0.1) is 11.3 Å². The van der Waals surface area contributed by atoms with Crippen molar-refractivity contribution >= 4 is 50.5 Å². The molecule has 2 N–H and O–H groups in total. The van der Waals surface area contributed by atoms with Crippen LogP contribution in [0.4, 0.5) is 5.69 Å². The van der Waals surface area contributed by atoms with Gasteiger partial charge in [-0.2, -0.15) is 5.10 Å². The van der Waals surface area contributed by atoms with Crippen molar-refractivity contribution in [3.63, 3.8) is 0 Å². The smallest absolute Gasteiger partial charge is 0.281 e. The minimum atomic E-state index is -0.276. The van der Waals surface area contributed by atoms with Crippen LogP contribution in [0.25, 0.3) is 0 Å². The third-order valence-corrected chi connectivity index (χ3v) is 3.98. The van der Waals surface area contributed by atoms with E-state index < -0.39 is 0 Å². The molecule has 114 valence electrons. The molecule has 1 aromatic carbocycles. The SMILES string of the molecule is C/C(CC(=O)Nc1cccc(Br)c1)=N/NC(=O)c1cccs1. The Kier molecular flexibility index (Phi) is 5.85. The fraction of sp³-hybridized carbons (Fsp3) is 0.133. The number of nitrogens with one attached hydrogen (secondary N) is 2. The molecule has 2 aromatic rings. The summed E-state index contributed by atoms with van der Waals surface area (Å²) in [6, 6.07) is 10.8. The lowest BCUT2D eigenvalue weighted by atomic mass is 10.2. The Bertz CT molecular complexity index is 699. The van der Waals surface area contributed by atoms with Crippen molar-refractivity contribution in [3.05, 3.63) is 51.1 Å². The second kappa shape index (κ2) is 7.86. The molecule has 0 saturated heterocycles. The summed E-state index contributed by atoms with van der Waals surface area (Å²) in [4.78, 5) is 24.2. The lowest BCUT2D eigenvalue weighted by molar-refractivity contribution is -0.115. The van der Waals surface area contributed by atoms with E-state index in [1.165, 1.54) is 11.3 Å². The van der Waals surface area contributed by atoms with E-state index in [1.54, 1.807) is 25.1 Å². The van der Waals surface area contributed by atoms with Crippen molar-refractivity contribution in [2.24, 2.45) is 5.10 Å². The van der Waals surface area contributed by atoms with Crippen molar-refractivity contribution < 1.29 is 9.59 Å². The number of nitrogens with zero attached hydrogens (tertiary/aromatic N) is 1. The van der Waals surface area contributed by atoms with Gasteiger partial charge in [0.2, 0.25) is 5.91 Å². The standard InChI is InChI=1S/C15H14BrN3O2S/c1-10(18-19-15(21)13-6-3-7-22-13)8-14(20)17-12-5-2-4-11(16)9-12/h2-7,9H,8H2,1H3,(H,17,20)(H,19,21)/b18-10-. The maximum absolute atomic E-state index is 11.9. The van der Waals surface area contributed by atoms with Gasteiger partial charge in [-0.3, -0.25) is 9.59 Å². The molecule has 22 heavy (non-hydrogen) atoms. The number of anilines is 1. The van der Waals surface area contributed by atoms with Crippen LogP contribution in [-0.4, -0.2) is 17.5 Å². The van der Waals surface area contributed by atoms with Gasteiger partial charge in [0.1, 0.15) is 0 Å². The first-order valence-electron chi connectivity index (χ1n) is 6.47. The first kappa shape index (κ1) is 16.4. The van der Waals surface area contributed by atoms with E-state index in [9.17, 15) is 9.59 Å². The fourth-order valence-corrected chi connectivity index (χ4v) is 2.67. The topological polar surface area (TPSA) is 70.6 Å². The van der Waals surface area contributed by atoms with Gasteiger partial charge < -0.3 is 5.32 Å². The molecule has 0 atom stereocenters. The predicted octanol–water partition coefficient (Wildman–Crippen LogP) is 3.65. The number of thiophene rings is 1. The molecule has 1 heterocycles. The highest BCUT2D eigenvalue weighted by molar-refractivity contribution is 9.10. The molecule has 0 aliphatic heterocycles. The van der Waals surface area contributed by atoms with E-state index in [-0.39, 0.29) is 18.2 Å². The number of carbonyl (C=O) groups is 2. The Morgan fingerprint density at radius 3 is 2.77 bits per heavy atom. The van der Waals surface area contributed by atoms with E-state index in [4.69, 9.17) is 0 Å². The number of hydrazone groups is 1. The van der Waals surface area contributed by atoms with Crippen LogP contribution in [0, 0.1) is 0 Å². The van der Waals surface area contributed by atoms with E-state index in [0.717, 1.165) is 4.47 Å². The van der Waals surface area contributed by atoms with Crippen LogP contribution in [0.2, 0.25) is 0 Å². The van der Waals surface area contributed by atoms with Crippen LogP contribution in [0.15, 0.2) is 51.4 Å². The molecule has 0 aliphatic rings. The predicted molar refractivity (Wildman–Crippen MR) is 92.3 cm³/mol. The highest BCUT2D eigenvalue weighted by Crippen LogP contribution is 2.15. The van der Waals surface area contributed by atoms with Crippen molar-refractivity contribution in [1.82, 2.24) is 5.43 Å². The molecule has 0 aliphatic carbocycles. The van der Waals surface area contributed by atoms with Gasteiger partial charge in [0.05, 0.1) is 11.3 Å². The number of amides is 2. The number of rotatable bonds is 5. The average molecular weight is 380 g/mol. The van der Waals surface area contributed by atoms with Crippen molar-refractivity contribution in [3.8, 4) is 0 Å². The summed E-state index contributed by atoms with van der Waals surface area (Å²) in [5.74, 6) is -0.466. The Balaban J connectivity index is 1.85. The lowest BCUT2D eigenvalue weighted by Gasteiger charge is -2.05. The number of hydrogen-bond donors (Lipinski definition) is 2. The summed E-state index contributed by atoms with van der Waals surface area (Å²) in [6.45, 7) is 1.69. The van der Waals surface area contributed by atoms with Crippen molar-refractivity contribution in [2.45, 2.75) is 13.3 Å². The zero-order chi connectivity index (χ0) is 15.9. The van der Waals surface area contributed by atoms with Gasteiger partial charge in [-0.1, -0.05) is 28.1 Å². The summed E-state index contributed by atoms with van der Waals surface area (Å²) in [5.41, 5.74) is 3.66. The molecule has 0 spiro atoms. The van der Waals surface area contributed by atoms with E-state index >= 15 is 0 Å². The van der Waals surface area contributed by atoms with Crippen molar-refractivity contribution in [2.75, 3.05) is 5.32 Å². The Labute approximate surface area is 140 Å². The first-order chi connectivity index (χ1) is 10.5. The molecule has 0 saturated carbocycles. The largest absolute Gasteiger partial charge is 0.326 e. The van der Waals surface area contributed by atoms with Crippen LogP contribution in [0.5, 0.6) is 0 Å². The average Bonchev–Trinajstić information content (AvgIpc) is 2.98. The van der Waals surface area contributed by atoms with Gasteiger partial charge in [0.15, 0.2) is 0 Å². The molecular weight excluding hydrogens is 366 g/mol. The van der Waals surface area contributed by atoms with Crippen LogP contribution in [0.3, 0.4) is 0 Å². The summed E-state index contributed by atoms with van der Waals surface area (Å²) in [6.07, 6.45) is 0.108. The van der Waals surface area contributed by atoms with Crippen molar-refractivity contribution in [1.29, 1.82) is 0 Å². The number of benzene rings is 1. The fourth-order valence-electron chi connectivity index (χ4n) is 1.65. The third-order valence-electron chi connectivity index (χ3n) is 2.62. The molecule has 1 aromatic heterocycles. The lowest BCUT2D eigenvalue weighted by Crippen LogP contribution is -2.20. The van der Waals surface area contributed by atoms with Gasteiger partial charge in [-0.25, -0.2) is 5.43 Å². The summed E-state index contributed by atoms with van der Waals surface area (Å²) < 4.78 is 0.888. The second-order valence-electron chi connectivity index (χ2n) is 4.50. The zero-order valence-corrected chi connectivity index (χ0v) is 14.2. The highest BCUT2D eigenvalue weighted by atomic mass is 79.9. The zero-order valence-electron chi connectivity index (χ0n) is 11.8. The molecule has 2 amide bonds. The third kappa shape index (κ3) is 5.09.